The quantitative estimate of drug-likeness (QED) is 0.796. The molecule has 2 unspecified atom stereocenters. The van der Waals surface area contributed by atoms with Gasteiger partial charge in [0.1, 0.15) is 5.75 Å². The average Bonchev–Trinajstić information content (AvgIpc) is 2.71. The summed E-state index contributed by atoms with van der Waals surface area (Å²) in [6.45, 7) is 4.43. The molecule has 0 amide bonds. The fraction of sp³-hybridized carbons (Fsp3) is 0.478. The highest BCUT2D eigenvalue weighted by molar-refractivity contribution is 5.50. The van der Waals surface area contributed by atoms with Gasteiger partial charge in [-0.1, -0.05) is 6.07 Å². The number of aryl methyl sites for hydroxylation is 1. The SMILES string of the molecule is COc1ccc(C2CCC3c4cc(OC)c(OC)cc4CCN3C2)c(C)c1. The molecule has 2 heterocycles. The maximum Gasteiger partial charge on any atom is 0.161 e. The summed E-state index contributed by atoms with van der Waals surface area (Å²) < 4.78 is 16.4. The van der Waals surface area contributed by atoms with Crippen molar-refractivity contribution in [2.75, 3.05) is 34.4 Å². The maximum atomic E-state index is 5.55. The van der Waals surface area contributed by atoms with Gasteiger partial charge in [0.2, 0.25) is 0 Å². The third-order valence-electron chi connectivity index (χ3n) is 6.27. The van der Waals surface area contributed by atoms with Crippen molar-refractivity contribution in [1.29, 1.82) is 0 Å². The van der Waals surface area contributed by atoms with E-state index in [-0.39, 0.29) is 0 Å². The molecule has 4 nitrogen and oxygen atoms in total. The van der Waals surface area contributed by atoms with Crippen LogP contribution >= 0.6 is 0 Å². The summed E-state index contributed by atoms with van der Waals surface area (Å²) in [7, 11) is 5.16. The van der Waals surface area contributed by atoms with E-state index in [4.69, 9.17) is 14.2 Å². The summed E-state index contributed by atoms with van der Waals surface area (Å²) in [5.41, 5.74) is 5.63. The smallest absolute Gasteiger partial charge is 0.161 e. The Balaban J connectivity index is 1.58. The Morgan fingerprint density at radius 2 is 1.67 bits per heavy atom. The number of fused-ring (bicyclic) bond motifs is 3. The molecule has 2 atom stereocenters. The number of nitrogens with zero attached hydrogens (tertiary/aromatic N) is 1. The predicted octanol–water partition coefficient (Wildman–Crippen LogP) is 4.50. The first kappa shape index (κ1) is 18.2. The Kier molecular flexibility index (Phi) is 5.00. The van der Waals surface area contributed by atoms with Crippen molar-refractivity contribution in [2.24, 2.45) is 0 Å². The molecule has 27 heavy (non-hydrogen) atoms. The molecule has 0 aromatic heterocycles. The highest BCUT2D eigenvalue weighted by Crippen LogP contribution is 2.45. The van der Waals surface area contributed by atoms with Crippen molar-refractivity contribution in [3.63, 3.8) is 0 Å². The van der Waals surface area contributed by atoms with E-state index in [0.29, 0.717) is 12.0 Å². The standard InChI is InChI=1S/C23H29NO3/c1-15-11-18(25-2)6-7-19(15)17-5-8-21-20-13-23(27-4)22(26-3)12-16(20)9-10-24(21)14-17/h6-7,11-13,17,21H,5,8-10,14H2,1-4H3. The van der Waals surface area contributed by atoms with Gasteiger partial charge in [0.15, 0.2) is 11.5 Å². The third-order valence-corrected chi connectivity index (χ3v) is 6.27. The molecule has 0 spiro atoms. The molecular weight excluding hydrogens is 338 g/mol. The lowest BCUT2D eigenvalue weighted by atomic mass is 9.80. The Bertz CT molecular complexity index is 833. The molecule has 0 saturated carbocycles. The van der Waals surface area contributed by atoms with Gasteiger partial charge in [-0.15, -0.1) is 0 Å². The minimum absolute atomic E-state index is 0.489. The fourth-order valence-electron chi connectivity index (χ4n) is 4.86. The van der Waals surface area contributed by atoms with E-state index in [9.17, 15) is 0 Å². The van der Waals surface area contributed by atoms with Gasteiger partial charge < -0.3 is 14.2 Å². The van der Waals surface area contributed by atoms with Crippen LogP contribution in [0.5, 0.6) is 17.2 Å². The molecule has 2 aromatic rings. The van der Waals surface area contributed by atoms with Crippen LogP contribution in [0.15, 0.2) is 30.3 Å². The molecular formula is C23H29NO3. The molecule has 2 aliphatic heterocycles. The van der Waals surface area contributed by atoms with Crippen LogP contribution in [-0.4, -0.2) is 39.3 Å². The van der Waals surface area contributed by atoms with E-state index in [1.807, 2.05) is 0 Å². The third kappa shape index (κ3) is 3.27. The Morgan fingerprint density at radius 1 is 0.889 bits per heavy atom. The summed E-state index contributed by atoms with van der Waals surface area (Å²) in [4.78, 5) is 2.66. The van der Waals surface area contributed by atoms with Crippen molar-refractivity contribution in [3.8, 4) is 17.2 Å². The molecule has 1 fully saturated rings. The summed E-state index contributed by atoms with van der Waals surface area (Å²) >= 11 is 0. The zero-order valence-corrected chi connectivity index (χ0v) is 16.7. The topological polar surface area (TPSA) is 30.9 Å². The van der Waals surface area contributed by atoms with Crippen LogP contribution in [0.2, 0.25) is 0 Å². The number of methoxy groups -OCH3 is 3. The first-order valence-electron chi connectivity index (χ1n) is 9.78. The van der Waals surface area contributed by atoms with Crippen molar-refractivity contribution < 1.29 is 14.2 Å². The number of ether oxygens (including phenoxy) is 3. The van der Waals surface area contributed by atoms with E-state index >= 15 is 0 Å². The zero-order valence-electron chi connectivity index (χ0n) is 16.7. The van der Waals surface area contributed by atoms with Crippen molar-refractivity contribution in [3.05, 3.63) is 52.6 Å². The van der Waals surface area contributed by atoms with E-state index in [1.54, 1.807) is 21.3 Å². The monoisotopic (exact) mass is 367 g/mol. The van der Waals surface area contributed by atoms with Gasteiger partial charge >= 0.3 is 0 Å². The zero-order chi connectivity index (χ0) is 19.0. The highest BCUT2D eigenvalue weighted by atomic mass is 16.5. The van der Waals surface area contributed by atoms with E-state index in [2.05, 4.69) is 42.2 Å². The lowest BCUT2D eigenvalue weighted by molar-refractivity contribution is 0.122. The van der Waals surface area contributed by atoms with Crippen LogP contribution in [0.25, 0.3) is 0 Å². The van der Waals surface area contributed by atoms with Gasteiger partial charge in [-0.2, -0.15) is 0 Å². The molecule has 4 rings (SSSR count). The molecule has 4 heteroatoms. The van der Waals surface area contributed by atoms with E-state index in [0.717, 1.165) is 36.8 Å². The maximum absolute atomic E-state index is 5.55. The molecule has 2 aromatic carbocycles. The highest BCUT2D eigenvalue weighted by Gasteiger charge is 2.35. The van der Waals surface area contributed by atoms with Crippen LogP contribution in [0.3, 0.4) is 0 Å². The summed E-state index contributed by atoms with van der Waals surface area (Å²) in [6.07, 6.45) is 3.46. The molecule has 0 aliphatic carbocycles. The first-order valence-corrected chi connectivity index (χ1v) is 9.78. The van der Waals surface area contributed by atoms with Crippen LogP contribution in [0, 0.1) is 6.92 Å². The Morgan fingerprint density at radius 3 is 2.37 bits per heavy atom. The van der Waals surface area contributed by atoms with Gasteiger partial charge in [0, 0.05) is 19.1 Å². The Labute approximate surface area is 162 Å². The first-order chi connectivity index (χ1) is 13.1. The molecule has 0 radical (unpaired) electrons. The number of hydrogen-bond donors (Lipinski definition) is 0. The second-order valence-corrected chi connectivity index (χ2v) is 7.66. The normalized spacial score (nSPS) is 21.9. The largest absolute Gasteiger partial charge is 0.497 e. The van der Waals surface area contributed by atoms with Gasteiger partial charge in [0.25, 0.3) is 0 Å². The lowest BCUT2D eigenvalue weighted by Crippen LogP contribution is -2.41. The molecule has 2 aliphatic rings. The van der Waals surface area contributed by atoms with Gasteiger partial charge in [-0.05, 0) is 78.6 Å². The fourth-order valence-corrected chi connectivity index (χ4v) is 4.86. The number of rotatable bonds is 4. The predicted molar refractivity (Wildman–Crippen MR) is 107 cm³/mol. The van der Waals surface area contributed by atoms with Crippen LogP contribution in [-0.2, 0) is 6.42 Å². The van der Waals surface area contributed by atoms with Gasteiger partial charge in [-0.25, -0.2) is 0 Å². The lowest BCUT2D eigenvalue weighted by Gasteiger charge is -2.44. The summed E-state index contributed by atoms with van der Waals surface area (Å²) in [5.74, 6) is 3.21. The van der Waals surface area contributed by atoms with Crippen LogP contribution in [0.4, 0.5) is 0 Å². The van der Waals surface area contributed by atoms with Gasteiger partial charge in [0.05, 0.1) is 21.3 Å². The molecule has 0 bridgehead atoms. The van der Waals surface area contributed by atoms with Crippen LogP contribution < -0.4 is 14.2 Å². The second-order valence-electron chi connectivity index (χ2n) is 7.66. The number of benzene rings is 2. The number of piperidine rings is 1. The molecule has 1 saturated heterocycles. The minimum Gasteiger partial charge on any atom is -0.497 e. The van der Waals surface area contributed by atoms with Crippen molar-refractivity contribution in [1.82, 2.24) is 4.90 Å². The Hall–Kier alpha value is -2.20. The summed E-state index contributed by atoms with van der Waals surface area (Å²) in [5, 5.41) is 0. The average molecular weight is 367 g/mol. The number of hydrogen-bond acceptors (Lipinski definition) is 4. The second kappa shape index (κ2) is 7.43. The summed E-state index contributed by atoms with van der Waals surface area (Å²) in [6, 6.07) is 11.4. The van der Waals surface area contributed by atoms with E-state index < -0.39 is 0 Å². The van der Waals surface area contributed by atoms with Crippen molar-refractivity contribution in [2.45, 2.75) is 38.1 Å². The van der Waals surface area contributed by atoms with Crippen molar-refractivity contribution >= 4 is 0 Å². The van der Waals surface area contributed by atoms with Crippen LogP contribution in [0.1, 0.15) is 47.1 Å². The molecule has 144 valence electrons. The minimum atomic E-state index is 0.489. The van der Waals surface area contributed by atoms with Gasteiger partial charge in [-0.3, -0.25) is 4.90 Å². The molecule has 0 N–H and O–H groups in total. The van der Waals surface area contributed by atoms with E-state index in [1.165, 1.54) is 35.1 Å².